The molecule has 7 nitrogen and oxygen atoms in total. The van der Waals surface area contributed by atoms with Gasteiger partial charge in [0, 0.05) is 24.5 Å². The van der Waals surface area contributed by atoms with E-state index in [9.17, 15) is 4.79 Å². The molecule has 2 aromatic heterocycles. The summed E-state index contributed by atoms with van der Waals surface area (Å²) in [7, 11) is 0. The van der Waals surface area contributed by atoms with Gasteiger partial charge < -0.3 is 20.0 Å². The molecule has 0 bridgehead atoms. The molecular formula is C21H25N5O2. The molecule has 0 fully saturated rings. The highest BCUT2D eigenvalue weighted by atomic mass is 16.3. The molecule has 3 rings (SSSR count). The average molecular weight is 379 g/mol. The number of amides is 1. The van der Waals surface area contributed by atoms with Crippen molar-refractivity contribution in [1.29, 1.82) is 0 Å². The highest BCUT2D eigenvalue weighted by Gasteiger charge is 2.11. The minimum Gasteiger partial charge on any atom is -0.467 e. The smallest absolute Gasteiger partial charge is 0.276 e. The summed E-state index contributed by atoms with van der Waals surface area (Å²) >= 11 is 0. The topological polar surface area (TPSA) is 83.3 Å². The van der Waals surface area contributed by atoms with E-state index in [1.165, 1.54) is 0 Å². The van der Waals surface area contributed by atoms with E-state index in [0.717, 1.165) is 35.8 Å². The first kappa shape index (κ1) is 19.4. The third-order valence-corrected chi connectivity index (χ3v) is 4.51. The fourth-order valence-corrected chi connectivity index (χ4v) is 2.90. The van der Waals surface area contributed by atoms with Gasteiger partial charge in [-0.1, -0.05) is 0 Å². The Morgan fingerprint density at radius 2 is 1.93 bits per heavy atom. The molecule has 0 atom stereocenters. The van der Waals surface area contributed by atoms with Crippen LogP contribution in [0.1, 0.15) is 35.7 Å². The number of benzene rings is 1. The number of furan rings is 1. The second-order valence-electron chi connectivity index (χ2n) is 6.36. The number of nitrogens with zero attached hydrogens (tertiary/aromatic N) is 3. The van der Waals surface area contributed by atoms with Crippen molar-refractivity contribution in [2.24, 2.45) is 0 Å². The lowest BCUT2D eigenvalue weighted by Gasteiger charge is -2.22. The van der Waals surface area contributed by atoms with Crippen LogP contribution >= 0.6 is 0 Å². The van der Waals surface area contributed by atoms with Gasteiger partial charge in [0.05, 0.1) is 12.8 Å². The van der Waals surface area contributed by atoms with E-state index in [2.05, 4.69) is 45.6 Å². The minimum absolute atomic E-state index is 0.260. The van der Waals surface area contributed by atoms with Crippen LogP contribution in [0.25, 0.3) is 0 Å². The summed E-state index contributed by atoms with van der Waals surface area (Å²) in [4.78, 5) is 14.8. The maximum atomic E-state index is 12.5. The first-order valence-electron chi connectivity index (χ1n) is 9.37. The van der Waals surface area contributed by atoms with Gasteiger partial charge in [-0.2, -0.15) is 0 Å². The monoisotopic (exact) mass is 379 g/mol. The average Bonchev–Trinajstić information content (AvgIpc) is 3.23. The molecule has 7 heteroatoms. The summed E-state index contributed by atoms with van der Waals surface area (Å²) in [5.41, 5.74) is 3.17. The Kier molecular flexibility index (Phi) is 6.26. The van der Waals surface area contributed by atoms with Gasteiger partial charge >= 0.3 is 0 Å². The Labute approximate surface area is 164 Å². The predicted molar refractivity (Wildman–Crippen MR) is 111 cm³/mol. The fourth-order valence-electron chi connectivity index (χ4n) is 2.90. The van der Waals surface area contributed by atoms with Crippen molar-refractivity contribution < 1.29 is 9.21 Å². The Bertz CT molecular complexity index is 903. The van der Waals surface area contributed by atoms with Crippen molar-refractivity contribution in [3.63, 3.8) is 0 Å². The molecule has 2 N–H and O–H groups in total. The van der Waals surface area contributed by atoms with Gasteiger partial charge in [0.25, 0.3) is 5.91 Å². The number of rotatable bonds is 8. The molecule has 2 heterocycles. The normalized spacial score (nSPS) is 10.5. The number of aryl methyl sites for hydroxylation is 1. The lowest BCUT2D eigenvalue weighted by molar-refractivity contribution is 0.102. The molecular weight excluding hydrogens is 354 g/mol. The maximum absolute atomic E-state index is 12.5. The van der Waals surface area contributed by atoms with Crippen molar-refractivity contribution in [1.82, 2.24) is 10.2 Å². The quantitative estimate of drug-likeness (QED) is 0.613. The predicted octanol–water partition coefficient (Wildman–Crippen LogP) is 4.09. The minimum atomic E-state index is -0.288. The maximum Gasteiger partial charge on any atom is 0.276 e. The van der Waals surface area contributed by atoms with E-state index < -0.39 is 0 Å². The SMILES string of the molecule is CCN(CC)c1ccc(NC(=O)c2ccc(NCc3ccco3)nn2)c(C)c1. The van der Waals surface area contributed by atoms with E-state index in [4.69, 9.17) is 4.42 Å². The van der Waals surface area contributed by atoms with Crippen LogP contribution < -0.4 is 15.5 Å². The van der Waals surface area contributed by atoms with Gasteiger partial charge in [-0.3, -0.25) is 4.79 Å². The molecule has 28 heavy (non-hydrogen) atoms. The second kappa shape index (κ2) is 9.03. The first-order valence-corrected chi connectivity index (χ1v) is 9.37. The Morgan fingerprint density at radius 3 is 2.54 bits per heavy atom. The standard InChI is InChI=1S/C21H25N5O2/c1-4-26(5-2)16-8-9-18(15(3)13-16)23-21(27)19-10-11-20(25-24-19)22-14-17-7-6-12-28-17/h6-13H,4-5,14H2,1-3H3,(H,22,25)(H,23,27). The molecule has 0 aliphatic heterocycles. The van der Waals surface area contributed by atoms with Crippen LogP contribution in [0.2, 0.25) is 0 Å². The zero-order valence-electron chi connectivity index (χ0n) is 16.4. The van der Waals surface area contributed by atoms with Crippen LogP contribution in [0.5, 0.6) is 0 Å². The van der Waals surface area contributed by atoms with Crippen LogP contribution in [0.3, 0.4) is 0 Å². The van der Waals surface area contributed by atoms with Crippen LogP contribution in [0.15, 0.2) is 53.1 Å². The third-order valence-electron chi connectivity index (χ3n) is 4.51. The first-order chi connectivity index (χ1) is 13.6. The highest BCUT2D eigenvalue weighted by molar-refractivity contribution is 6.03. The van der Waals surface area contributed by atoms with Crippen molar-refractivity contribution in [3.8, 4) is 0 Å². The van der Waals surface area contributed by atoms with E-state index in [-0.39, 0.29) is 11.6 Å². The van der Waals surface area contributed by atoms with Crippen molar-refractivity contribution in [2.75, 3.05) is 28.6 Å². The molecule has 0 saturated heterocycles. The highest BCUT2D eigenvalue weighted by Crippen LogP contribution is 2.23. The number of anilines is 3. The van der Waals surface area contributed by atoms with Gasteiger partial charge in [-0.05, 0) is 68.8 Å². The molecule has 0 aliphatic carbocycles. The molecule has 146 valence electrons. The van der Waals surface area contributed by atoms with Crippen molar-refractivity contribution in [3.05, 3.63) is 65.7 Å². The third kappa shape index (κ3) is 4.68. The zero-order valence-corrected chi connectivity index (χ0v) is 16.4. The van der Waals surface area contributed by atoms with E-state index >= 15 is 0 Å². The number of hydrogen-bond donors (Lipinski definition) is 2. The summed E-state index contributed by atoms with van der Waals surface area (Å²) in [6.45, 7) is 8.62. The number of nitrogens with one attached hydrogen (secondary N) is 2. The largest absolute Gasteiger partial charge is 0.467 e. The lowest BCUT2D eigenvalue weighted by Crippen LogP contribution is -2.22. The summed E-state index contributed by atoms with van der Waals surface area (Å²) < 4.78 is 5.25. The summed E-state index contributed by atoms with van der Waals surface area (Å²) in [5.74, 6) is 1.09. The molecule has 0 spiro atoms. The molecule has 1 aromatic carbocycles. The molecule has 3 aromatic rings. The lowest BCUT2D eigenvalue weighted by atomic mass is 10.1. The molecule has 1 amide bonds. The fraction of sp³-hybridized carbons (Fsp3) is 0.286. The van der Waals surface area contributed by atoms with Crippen LogP contribution in [-0.2, 0) is 6.54 Å². The van der Waals surface area contributed by atoms with Gasteiger partial charge in [0.1, 0.15) is 11.6 Å². The van der Waals surface area contributed by atoms with Crippen molar-refractivity contribution in [2.45, 2.75) is 27.3 Å². The molecule has 0 radical (unpaired) electrons. The number of hydrogen-bond acceptors (Lipinski definition) is 6. The van der Waals surface area contributed by atoms with Crippen LogP contribution in [0.4, 0.5) is 17.2 Å². The number of carbonyl (C=O) groups excluding carboxylic acids is 1. The summed E-state index contributed by atoms with van der Waals surface area (Å²) in [6, 6.07) is 13.1. The van der Waals surface area contributed by atoms with Crippen molar-refractivity contribution >= 4 is 23.1 Å². The van der Waals surface area contributed by atoms with Gasteiger partial charge in [-0.25, -0.2) is 0 Å². The second-order valence-corrected chi connectivity index (χ2v) is 6.36. The summed E-state index contributed by atoms with van der Waals surface area (Å²) in [5, 5.41) is 14.1. The zero-order chi connectivity index (χ0) is 19.9. The molecule has 0 unspecified atom stereocenters. The van der Waals surface area contributed by atoms with E-state index in [0.29, 0.717) is 12.4 Å². The van der Waals surface area contributed by atoms with Gasteiger partial charge in [0.2, 0.25) is 0 Å². The Balaban J connectivity index is 1.62. The number of aromatic nitrogens is 2. The van der Waals surface area contributed by atoms with E-state index in [1.807, 2.05) is 31.2 Å². The van der Waals surface area contributed by atoms with Crippen LogP contribution in [-0.4, -0.2) is 29.2 Å². The summed E-state index contributed by atoms with van der Waals surface area (Å²) in [6.07, 6.45) is 1.62. The Morgan fingerprint density at radius 1 is 1.11 bits per heavy atom. The molecule has 0 saturated carbocycles. The van der Waals surface area contributed by atoms with Gasteiger partial charge in [0.15, 0.2) is 5.69 Å². The van der Waals surface area contributed by atoms with E-state index in [1.54, 1.807) is 18.4 Å². The van der Waals surface area contributed by atoms with Crippen LogP contribution in [0, 0.1) is 6.92 Å². The molecule has 0 aliphatic rings. The number of carbonyl (C=O) groups is 1. The Hall–Kier alpha value is -3.35. The van der Waals surface area contributed by atoms with Gasteiger partial charge in [-0.15, -0.1) is 10.2 Å².